The second-order valence-corrected chi connectivity index (χ2v) is 7.24. The molecule has 0 radical (unpaired) electrons. The van der Waals surface area contributed by atoms with E-state index < -0.39 is 0 Å². The summed E-state index contributed by atoms with van der Waals surface area (Å²) in [6, 6.07) is 9.66. The maximum atomic E-state index is 12.5. The lowest BCUT2D eigenvalue weighted by molar-refractivity contribution is 0.0945. The third kappa shape index (κ3) is 4.54. The molecule has 150 valence electrons. The number of ketones is 1. The van der Waals surface area contributed by atoms with Gasteiger partial charge in [0.05, 0.1) is 0 Å². The van der Waals surface area contributed by atoms with E-state index in [9.17, 15) is 9.59 Å². The Balaban J connectivity index is 1.65. The summed E-state index contributed by atoms with van der Waals surface area (Å²) >= 11 is 0. The number of nitrogens with one attached hydrogen (secondary N) is 2. The molecule has 0 saturated carbocycles. The van der Waals surface area contributed by atoms with Crippen molar-refractivity contribution in [2.75, 3.05) is 0 Å². The number of benzene rings is 1. The van der Waals surface area contributed by atoms with Gasteiger partial charge in [0.15, 0.2) is 5.78 Å². The third-order valence-corrected chi connectivity index (χ3v) is 4.83. The molecule has 29 heavy (non-hydrogen) atoms. The van der Waals surface area contributed by atoms with Gasteiger partial charge in [-0.25, -0.2) is 4.98 Å². The van der Waals surface area contributed by atoms with Crippen molar-refractivity contribution in [2.45, 2.75) is 41.2 Å². The number of rotatable bonds is 6. The number of pyridine rings is 1. The SMILES string of the molecule is CC(=O)c1c(C)[nH]c(C(=O)NCc2ccc(Oc3cc(C)ccc3C)nc2)c1C. The number of hydrogen-bond donors (Lipinski definition) is 2. The lowest BCUT2D eigenvalue weighted by atomic mass is 10.1. The van der Waals surface area contributed by atoms with E-state index in [0.717, 1.165) is 22.4 Å². The van der Waals surface area contributed by atoms with E-state index in [2.05, 4.69) is 15.3 Å². The minimum absolute atomic E-state index is 0.0565. The molecule has 0 unspecified atom stereocenters. The van der Waals surface area contributed by atoms with Gasteiger partial charge >= 0.3 is 0 Å². The molecular weight excluding hydrogens is 366 g/mol. The number of aromatic nitrogens is 2. The average molecular weight is 391 g/mol. The van der Waals surface area contributed by atoms with Crippen LogP contribution in [0.15, 0.2) is 36.5 Å². The molecule has 6 nitrogen and oxygen atoms in total. The lowest BCUT2D eigenvalue weighted by Crippen LogP contribution is -2.24. The van der Waals surface area contributed by atoms with Crippen LogP contribution in [-0.2, 0) is 6.54 Å². The fraction of sp³-hybridized carbons (Fsp3) is 0.261. The molecular formula is C23H25N3O3. The van der Waals surface area contributed by atoms with Crippen LogP contribution in [0.25, 0.3) is 0 Å². The van der Waals surface area contributed by atoms with Crippen molar-refractivity contribution in [3.05, 3.63) is 75.7 Å². The van der Waals surface area contributed by atoms with Gasteiger partial charge < -0.3 is 15.0 Å². The molecule has 3 aromatic rings. The summed E-state index contributed by atoms with van der Waals surface area (Å²) in [5.74, 6) is 0.959. The molecule has 0 bridgehead atoms. The van der Waals surface area contributed by atoms with Gasteiger partial charge in [-0.15, -0.1) is 0 Å². The Labute approximate surface area is 170 Å². The van der Waals surface area contributed by atoms with Crippen LogP contribution in [0.5, 0.6) is 11.6 Å². The van der Waals surface area contributed by atoms with Gasteiger partial charge in [0, 0.05) is 30.1 Å². The molecule has 6 heteroatoms. The molecule has 0 aliphatic heterocycles. The van der Waals surface area contributed by atoms with Gasteiger partial charge in [-0.1, -0.05) is 18.2 Å². The summed E-state index contributed by atoms with van der Waals surface area (Å²) in [7, 11) is 0. The Morgan fingerprint density at radius 2 is 1.86 bits per heavy atom. The molecule has 0 fully saturated rings. The number of carbonyl (C=O) groups excluding carboxylic acids is 2. The van der Waals surface area contributed by atoms with Crippen molar-refractivity contribution in [3.8, 4) is 11.6 Å². The molecule has 0 aliphatic carbocycles. The fourth-order valence-electron chi connectivity index (χ4n) is 3.28. The first kappa shape index (κ1) is 20.3. The highest BCUT2D eigenvalue weighted by atomic mass is 16.5. The summed E-state index contributed by atoms with van der Waals surface area (Å²) in [4.78, 5) is 31.6. The van der Waals surface area contributed by atoms with Crippen molar-refractivity contribution >= 4 is 11.7 Å². The van der Waals surface area contributed by atoms with Crippen LogP contribution < -0.4 is 10.1 Å². The van der Waals surface area contributed by atoms with Crippen molar-refractivity contribution in [3.63, 3.8) is 0 Å². The number of amides is 1. The second-order valence-electron chi connectivity index (χ2n) is 7.24. The Kier molecular flexibility index (Phi) is 5.82. The summed E-state index contributed by atoms with van der Waals surface area (Å²) in [5.41, 5.74) is 5.36. The van der Waals surface area contributed by atoms with Gasteiger partial charge in [-0.2, -0.15) is 0 Å². The van der Waals surface area contributed by atoms with E-state index in [-0.39, 0.29) is 11.7 Å². The molecule has 0 saturated heterocycles. The standard InChI is InChI=1S/C23H25N3O3/c1-13-6-7-14(2)19(10-13)29-20-9-8-18(11-24-20)12-25-23(28)22-15(3)21(17(5)27)16(4)26-22/h6-11,26H,12H2,1-5H3,(H,25,28). The predicted molar refractivity (Wildman–Crippen MR) is 112 cm³/mol. The number of nitrogens with zero attached hydrogens (tertiary/aromatic N) is 1. The minimum Gasteiger partial charge on any atom is -0.439 e. The van der Waals surface area contributed by atoms with E-state index in [4.69, 9.17) is 4.74 Å². The number of aryl methyl sites for hydroxylation is 3. The Morgan fingerprint density at radius 1 is 1.10 bits per heavy atom. The van der Waals surface area contributed by atoms with Crippen molar-refractivity contribution in [1.82, 2.24) is 15.3 Å². The Bertz CT molecular complexity index is 1070. The molecule has 0 aliphatic rings. The molecule has 1 aromatic carbocycles. The van der Waals surface area contributed by atoms with Gasteiger partial charge in [0.2, 0.25) is 5.88 Å². The van der Waals surface area contributed by atoms with E-state index in [1.165, 1.54) is 6.92 Å². The van der Waals surface area contributed by atoms with Gasteiger partial charge in [0.25, 0.3) is 5.91 Å². The van der Waals surface area contributed by atoms with E-state index >= 15 is 0 Å². The van der Waals surface area contributed by atoms with Gasteiger partial charge in [-0.05, 0) is 62.9 Å². The molecule has 2 aromatic heterocycles. The van der Waals surface area contributed by atoms with Crippen LogP contribution in [0.3, 0.4) is 0 Å². The number of Topliss-reactive ketones (excluding diaryl/α,β-unsaturated/α-hetero) is 1. The number of H-pyrrole nitrogens is 1. The van der Waals surface area contributed by atoms with Crippen LogP contribution in [-0.4, -0.2) is 21.7 Å². The van der Waals surface area contributed by atoms with E-state index in [1.54, 1.807) is 26.1 Å². The number of carbonyl (C=O) groups is 2. The summed E-state index contributed by atoms with van der Waals surface area (Å²) in [5, 5.41) is 2.86. The molecule has 3 rings (SSSR count). The Morgan fingerprint density at radius 3 is 2.48 bits per heavy atom. The quantitative estimate of drug-likeness (QED) is 0.603. The summed E-state index contributed by atoms with van der Waals surface area (Å²) in [6.45, 7) is 9.38. The predicted octanol–water partition coefficient (Wildman–Crippen LogP) is 4.57. The zero-order valence-electron chi connectivity index (χ0n) is 17.3. The van der Waals surface area contributed by atoms with Crippen LogP contribution in [0, 0.1) is 27.7 Å². The fourth-order valence-corrected chi connectivity index (χ4v) is 3.28. The first-order valence-electron chi connectivity index (χ1n) is 9.44. The Hall–Kier alpha value is -3.41. The third-order valence-electron chi connectivity index (χ3n) is 4.83. The highest BCUT2D eigenvalue weighted by Crippen LogP contribution is 2.24. The van der Waals surface area contributed by atoms with Crippen molar-refractivity contribution < 1.29 is 14.3 Å². The first-order chi connectivity index (χ1) is 13.8. The smallest absolute Gasteiger partial charge is 0.268 e. The highest BCUT2D eigenvalue weighted by molar-refractivity contribution is 6.02. The maximum Gasteiger partial charge on any atom is 0.268 e. The maximum absolute atomic E-state index is 12.5. The van der Waals surface area contributed by atoms with Crippen LogP contribution >= 0.6 is 0 Å². The second kappa shape index (κ2) is 8.31. The number of ether oxygens (including phenoxy) is 1. The van der Waals surface area contributed by atoms with E-state index in [0.29, 0.717) is 34.9 Å². The van der Waals surface area contributed by atoms with E-state index in [1.807, 2.05) is 38.1 Å². The topological polar surface area (TPSA) is 84.1 Å². The summed E-state index contributed by atoms with van der Waals surface area (Å²) in [6.07, 6.45) is 1.68. The summed E-state index contributed by atoms with van der Waals surface area (Å²) < 4.78 is 5.86. The first-order valence-corrected chi connectivity index (χ1v) is 9.44. The lowest BCUT2D eigenvalue weighted by Gasteiger charge is -2.09. The van der Waals surface area contributed by atoms with Crippen LogP contribution in [0.1, 0.15) is 55.7 Å². The number of hydrogen-bond acceptors (Lipinski definition) is 4. The highest BCUT2D eigenvalue weighted by Gasteiger charge is 2.19. The monoisotopic (exact) mass is 391 g/mol. The van der Waals surface area contributed by atoms with Crippen LogP contribution in [0.2, 0.25) is 0 Å². The molecule has 1 amide bonds. The zero-order chi connectivity index (χ0) is 21.1. The zero-order valence-corrected chi connectivity index (χ0v) is 17.3. The van der Waals surface area contributed by atoms with Crippen LogP contribution in [0.4, 0.5) is 0 Å². The molecule has 2 heterocycles. The van der Waals surface area contributed by atoms with Crippen molar-refractivity contribution in [1.29, 1.82) is 0 Å². The minimum atomic E-state index is -0.256. The normalized spacial score (nSPS) is 10.7. The molecule has 2 N–H and O–H groups in total. The molecule has 0 atom stereocenters. The van der Waals surface area contributed by atoms with Gasteiger partial charge in [-0.3, -0.25) is 9.59 Å². The largest absolute Gasteiger partial charge is 0.439 e. The molecule has 0 spiro atoms. The average Bonchev–Trinajstić information content (AvgIpc) is 2.98. The number of aromatic amines is 1. The van der Waals surface area contributed by atoms with Gasteiger partial charge in [0.1, 0.15) is 11.4 Å². The van der Waals surface area contributed by atoms with Crippen molar-refractivity contribution in [2.24, 2.45) is 0 Å².